The van der Waals surface area contributed by atoms with Crippen LogP contribution in [-0.4, -0.2) is 58.2 Å². The van der Waals surface area contributed by atoms with Gasteiger partial charge in [-0.3, -0.25) is 4.79 Å². The summed E-state index contributed by atoms with van der Waals surface area (Å²) in [5, 5.41) is 19.9. The lowest BCUT2D eigenvalue weighted by molar-refractivity contribution is 0.0695. The molecule has 2 fully saturated rings. The molecule has 0 radical (unpaired) electrons. The van der Waals surface area contributed by atoms with E-state index in [-0.39, 0.29) is 41.2 Å². The van der Waals surface area contributed by atoms with Crippen LogP contribution in [0.4, 0.5) is 20.3 Å². The molecule has 3 N–H and O–H groups in total. The summed E-state index contributed by atoms with van der Waals surface area (Å²) >= 11 is 5.34. The van der Waals surface area contributed by atoms with Crippen molar-refractivity contribution in [2.24, 2.45) is 11.1 Å². The second-order valence-electron chi connectivity index (χ2n) is 9.17. The molecule has 5 rings (SSSR count). The molecular formula is C25H24F2N6O4S. The van der Waals surface area contributed by atoms with Crippen LogP contribution in [0, 0.1) is 17.6 Å². The highest BCUT2D eigenvalue weighted by Gasteiger charge is 2.34. The Morgan fingerprint density at radius 2 is 2.03 bits per heavy atom. The summed E-state index contributed by atoms with van der Waals surface area (Å²) in [6.07, 6.45) is 2.93. The zero-order valence-corrected chi connectivity index (χ0v) is 21.1. The number of hydrogen-bond donors (Lipinski definition) is 3. The van der Waals surface area contributed by atoms with E-state index in [2.05, 4.69) is 20.8 Å². The van der Waals surface area contributed by atoms with Crippen molar-refractivity contribution in [1.82, 2.24) is 14.9 Å². The van der Waals surface area contributed by atoms with Gasteiger partial charge in [-0.15, -0.1) is 0 Å². The molecule has 1 saturated heterocycles. The van der Waals surface area contributed by atoms with Crippen molar-refractivity contribution in [1.29, 1.82) is 0 Å². The number of oxime groups is 1. The van der Waals surface area contributed by atoms with Gasteiger partial charge in [0.05, 0.1) is 17.6 Å². The number of hydrogen-bond acceptors (Lipinski definition) is 7. The Morgan fingerprint density at radius 3 is 2.68 bits per heavy atom. The maximum Gasteiger partial charge on any atom is 0.341 e. The molecule has 0 amide bonds. The Hall–Kier alpha value is -4.13. The maximum atomic E-state index is 15.3. The quantitative estimate of drug-likeness (QED) is 0.305. The van der Waals surface area contributed by atoms with Crippen LogP contribution >= 0.6 is 12.2 Å². The summed E-state index contributed by atoms with van der Waals surface area (Å²) in [6, 6.07) is 6.84. The predicted octanol–water partition coefficient (Wildman–Crippen LogP) is 3.13. The number of benzene rings is 1. The SMILES string of the molecule is CO/N=C1/CN(c2nc3c(cc2F)c(=O)c(C(=O)O)cn3C2CC2)CC1CNC(=S)Nc1ccc(F)cc1. The van der Waals surface area contributed by atoms with Crippen molar-refractivity contribution in [3.63, 3.8) is 0 Å². The van der Waals surface area contributed by atoms with Crippen LogP contribution in [0.3, 0.4) is 0 Å². The van der Waals surface area contributed by atoms with Crippen molar-refractivity contribution in [2.75, 3.05) is 37.0 Å². The lowest BCUT2D eigenvalue weighted by atomic mass is 10.1. The fourth-order valence-corrected chi connectivity index (χ4v) is 4.69. The average Bonchev–Trinajstić information content (AvgIpc) is 3.65. The lowest BCUT2D eigenvalue weighted by Crippen LogP contribution is -2.35. The van der Waals surface area contributed by atoms with E-state index in [1.54, 1.807) is 21.6 Å². The number of fused-ring (bicyclic) bond motifs is 1. The first-order valence-corrected chi connectivity index (χ1v) is 12.3. The molecule has 3 heterocycles. The van der Waals surface area contributed by atoms with Gasteiger partial charge in [0.15, 0.2) is 16.7 Å². The van der Waals surface area contributed by atoms with E-state index >= 15 is 4.39 Å². The summed E-state index contributed by atoms with van der Waals surface area (Å²) in [7, 11) is 1.42. The van der Waals surface area contributed by atoms with Gasteiger partial charge in [0.1, 0.15) is 24.1 Å². The Balaban J connectivity index is 1.38. The first kappa shape index (κ1) is 25.5. The molecule has 1 atom stereocenters. The summed E-state index contributed by atoms with van der Waals surface area (Å²) in [4.78, 5) is 35.5. The maximum absolute atomic E-state index is 15.3. The Morgan fingerprint density at radius 1 is 1.29 bits per heavy atom. The molecule has 38 heavy (non-hydrogen) atoms. The van der Waals surface area contributed by atoms with Gasteiger partial charge in [-0.2, -0.15) is 0 Å². The van der Waals surface area contributed by atoms with Gasteiger partial charge in [-0.05, 0) is 55.4 Å². The van der Waals surface area contributed by atoms with Crippen LogP contribution in [0.15, 0.2) is 46.5 Å². The molecule has 1 saturated carbocycles. The second-order valence-corrected chi connectivity index (χ2v) is 9.57. The first-order chi connectivity index (χ1) is 18.2. The minimum atomic E-state index is -1.36. The number of carboxylic acids is 1. The molecule has 0 bridgehead atoms. The fourth-order valence-electron chi connectivity index (χ4n) is 4.49. The van der Waals surface area contributed by atoms with E-state index in [1.807, 2.05) is 0 Å². The summed E-state index contributed by atoms with van der Waals surface area (Å²) in [5.41, 5.74) is 0.333. The Bertz CT molecular complexity index is 1510. The second kappa shape index (κ2) is 10.3. The summed E-state index contributed by atoms with van der Waals surface area (Å²) in [5.74, 6) is -2.63. The predicted molar refractivity (Wildman–Crippen MR) is 142 cm³/mol. The van der Waals surface area contributed by atoms with Crippen LogP contribution < -0.4 is 21.0 Å². The number of halogens is 2. The number of nitrogens with zero attached hydrogens (tertiary/aromatic N) is 4. The van der Waals surface area contributed by atoms with E-state index in [1.165, 1.54) is 25.4 Å². The van der Waals surface area contributed by atoms with Gasteiger partial charge >= 0.3 is 5.97 Å². The molecule has 10 nitrogen and oxygen atoms in total. The number of aromatic nitrogens is 2. The van der Waals surface area contributed by atoms with E-state index < -0.39 is 22.8 Å². The highest BCUT2D eigenvalue weighted by molar-refractivity contribution is 7.80. The van der Waals surface area contributed by atoms with Gasteiger partial charge in [0.25, 0.3) is 0 Å². The smallest absolute Gasteiger partial charge is 0.341 e. The number of thiocarbonyl (C=S) groups is 1. The minimum Gasteiger partial charge on any atom is -0.477 e. The molecule has 13 heteroatoms. The molecule has 3 aromatic rings. The van der Waals surface area contributed by atoms with Crippen molar-refractivity contribution >= 4 is 51.5 Å². The molecular weight excluding hydrogens is 518 g/mol. The van der Waals surface area contributed by atoms with Gasteiger partial charge in [-0.1, -0.05) is 5.16 Å². The first-order valence-electron chi connectivity index (χ1n) is 11.9. The largest absolute Gasteiger partial charge is 0.477 e. The third-order valence-corrected chi connectivity index (χ3v) is 6.74. The zero-order chi connectivity index (χ0) is 27.0. The number of rotatable bonds is 7. The molecule has 2 aromatic heterocycles. The molecule has 1 unspecified atom stereocenters. The number of carboxylic acid groups (broad SMARTS) is 1. The molecule has 1 aliphatic carbocycles. The van der Waals surface area contributed by atoms with Gasteiger partial charge < -0.3 is 30.0 Å². The van der Waals surface area contributed by atoms with E-state index in [9.17, 15) is 19.1 Å². The number of carbonyl (C=O) groups is 1. The highest BCUT2D eigenvalue weighted by atomic mass is 32.1. The molecule has 198 valence electrons. The summed E-state index contributed by atoms with van der Waals surface area (Å²) in [6.45, 7) is 0.926. The minimum absolute atomic E-state index is 0.0118. The summed E-state index contributed by atoms with van der Waals surface area (Å²) < 4.78 is 30.1. The lowest BCUT2D eigenvalue weighted by Gasteiger charge is -2.20. The van der Waals surface area contributed by atoms with Crippen molar-refractivity contribution in [3.05, 3.63) is 63.9 Å². The van der Waals surface area contributed by atoms with Gasteiger partial charge in [0, 0.05) is 36.9 Å². The van der Waals surface area contributed by atoms with Crippen LogP contribution in [0.5, 0.6) is 0 Å². The van der Waals surface area contributed by atoms with Gasteiger partial charge in [0.2, 0.25) is 5.43 Å². The Labute approximate surface area is 220 Å². The van der Waals surface area contributed by atoms with E-state index in [0.29, 0.717) is 29.6 Å². The highest BCUT2D eigenvalue weighted by Crippen LogP contribution is 2.37. The number of aromatic carboxylic acids is 1. The average molecular weight is 543 g/mol. The number of nitrogens with one attached hydrogen (secondary N) is 2. The fraction of sp³-hybridized carbons (Fsp3) is 0.320. The third kappa shape index (κ3) is 5.14. The molecule has 1 aliphatic heterocycles. The number of anilines is 2. The molecule has 2 aliphatic rings. The molecule has 0 spiro atoms. The molecule has 1 aromatic carbocycles. The zero-order valence-electron chi connectivity index (χ0n) is 20.3. The van der Waals surface area contributed by atoms with Crippen LogP contribution in [0.2, 0.25) is 0 Å². The van der Waals surface area contributed by atoms with Crippen molar-refractivity contribution in [3.8, 4) is 0 Å². The monoisotopic (exact) mass is 542 g/mol. The van der Waals surface area contributed by atoms with Crippen molar-refractivity contribution < 1.29 is 23.5 Å². The Kier molecular flexibility index (Phi) is 6.93. The van der Waals surface area contributed by atoms with E-state index in [4.69, 9.17) is 17.1 Å². The third-order valence-electron chi connectivity index (χ3n) is 6.49. The normalized spacial score (nSPS) is 18.1. The van der Waals surface area contributed by atoms with E-state index in [0.717, 1.165) is 18.9 Å². The van der Waals surface area contributed by atoms with Crippen LogP contribution in [0.1, 0.15) is 29.2 Å². The number of pyridine rings is 2. The van der Waals surface area contributed by atoms with Gasteiger partial charge in [-0.25, -0.2) is 18.6 Å². The topological polar surface area (TPSA) is 121 Å². The standard InChI is InChI=1S/C25H24F2N6O4S/c1-37-31-20-12-32(10-13(20)9-28-25(38)29-15-4-2-14(26)3-5-15)23-19(27)8-17-21(34)18(24(35)36)11-33(16-6-7-16)22(17)30-23/h2-5,8,11,13,16H,6-7,9-10,12H2,1H3,(H,35,36)(H2,28,29,38)/b31-20-. The van der Waals surface area contributed by atoms with Crippen LogP contribution in [0.25, 0.3) is 11.0 Å². The van der Waals surface area contributed by atoms with Crippen LogP contribution in [-0.2, 0) is 4.84 Å². The van der Waals surface area contributed by atoms with Crippen molar-refractivity contribution in [2.45, 2.75) is 18.9 Å².